The topological polar surface area (TPSA) is 53.4 Å². The molecular formula is C25H24N4. The van der Waals surface area contributed by atoms with Crippen molar-refractivity contribution < 1.29 is 0 Å². The van der Waals surface area contributed by atoms with E-state index in [4.69, 9.17) is 5.26 Å². The fourth-order valence-corrected chi connectivity index (χ4v) is 3.76. The minimum absolute atomic E-state index is 0.622. The van der Waals surface area contributed by atoms with Crippen molar-refractivity contribution >= 4 is 33.2 Å². The summed E-state index contributed by atoms with van der Waals surface area (Å²) in [5.74, 6) is 0. The Kier molecular flexibility index (Phi) is 5.67. The third kappa shape index (κ3) is 4.05. The van der Waals surface area contributed by atoms with Gasteiger partial charge in [0.05, 0.1) is 23.0 Å². The Morgan fingerprint density at radius 1 is 0.793 bits per heavy atom. The third-order valence-electron chi connectivity index (χ3n) is 5.27. The van der Waals surface area contributed by atoms with Gasteiger partial charge in [0.25, 0.3) is 0 Å². The van der Waals surface area contributed by atoms with Gasteiger partial charge in [-0.1, -0.05) is 44.4 Å². The van der Waals surface area contributed by atoms with Crippen LogP contribution in [0.15, 0.2) is 77.0 Å². The Bertz CT molecular complexity index is 1190. The van der Waals surface area contributed by atoms with Gasteiger partial charge in [-0.2, -0.15) is 15.5 Å². The highest BCUT2D eigenvalue weighted by Crippen LogP contribution is 2.32. The smallest absolute Gasteiger partial charge is 0.0991 e. The van der Waals surface area contributed by atoms with Crippen molar-refractivity contribution in [2.75, 3.05) is 0 Å². The van der Waals surface area contributed by atoms with Crippen LogP contribution >= 0.6 is 0 Å². The van der Waals surface area contributed by atoms with E-state index < -0.39 is 0 Å². The normalized spacial score (nSPS) is 11.4. The van der Waals surface area contributed by atoms with Gasteiger partial charge in [0, 0.05) is 28.4 Å². The molecule has 0 aliphatic carbocycles. The second kappa shape index (κ2) is 8.70. The molecule has 0 unspecified atom stereocenters. The van der Waals surface area contributed by atoms with Crippen LogP contribution in [0, 0.1) is 11.3 Å². The highest BCUT2D eigenvalue weighted by molar-refractivity contribution is 6.08. The van der Waals surface area contributed by atoms with Crippen LogP contribution in [0.3, 0.4) is 0 Å². The lowest BCUT2D eigenvalue weighted by Gasteiger charge is -2.07. The van der Waals surface area contributed by atoms with E-state index in [0.717, 1.165) is 17.9 Å². The predicted molar refractivity (Wildman–Crippen MR) is 119 cm³/mol. The average molecular weight is 380 g/mol. The molecule has 0 bridgehead atoms. The molecular weight excluding hydrogens is 356 g/mol. The van der Waals surface area contributed by atoms with Crippen LogP contribution in [0.2, 0.25) is 0 Å². The predicted octanol–water partition coefficient (Wildman–Crippen LogP) is 7.66. The highest BCUT2D eigenvalue weighted by Gasteiger charge is 2.10. The number of rotatable bonds is 7. The van der Waals surface area contributed by atoms with Crippen LogP contribution in [-0.4, -0.2) is 4.57 Å². The molecule has 1 aromatic heterocycles. The summed E-state index contributed by atoms with van der Waals surface area (Å²) in [7, 11) is 0. The van der Waals surface area contributed by atoms with Gasteiger partial charge in [-0.25, -0.2) is 0 Å². The van der Waals surface area contributed by atoms with Crippen molar-refractivity contribution in [2.45, 2.75) is 39.2 Å². The van der Waals surface area contributed by atoms with E-state index in [9.17, 15) is 0 Å². The molecule has 0 fully saturated rings. The van der Waals surface area contributed by atoms with Gasteiger partial charge < -0.3 is 4.57 Å². The van der Waals surface area contributed by atoms with Gasteiger partial charge in [0.1, 0.15) is 0 Å². The fourth-order valence-electron chi connectivity index (χ4n) is 3.76. The highest BCUT2D eigenvalue weighted by atomic mass is 15.1. The Balaban J connectivity index is 1.67. The Hall–Kier alpha value is -3.45. The molecule has 29 heavy (non-hydrogen) atoms. The zero-order chi connectivity index (χ0) is 20.1. The Morgan fingerprint density at radius 2 is 1.52 bits per heavy atom. The molecule has 0 atom stereocenters. The zero-order valence-corrected chi connectivity index (χ0v) is 16.7. The molecule has 0 saturated heterocycles. The monoisotopic (exact) mass is 380 g/mol. The molecule has 3 aromatic carbocycles. The molecule has 0 amide bonds. The first kappa shape index (κ1) is 18.9. The molecule has 4 aromatic rings. The summed E-state index contributed by atoms with van der Waals surface area (Å²) < 4.78 is 2.43. The number of nitriles is 1. The minimum atomic E-state index is 0.622. The van der Waals surface area contributed by atoms with Crippen LogP contribution in [0.5, 0.6) is 0 Å². The number of hydrogen-bond acceptors (Lipinski definition) is 3. The number of para-hydroxylation sites is 1. The summed E-state index contributed by atoms with van der Waals surface area (Å²) in [6.07, 6.45) is 5.00. The molecule has 1 heterocycles. The van der Waals surface area contributed by atoms with Crippen molar-refractivity contribution in [3.05, 3.63) is 72.3 Å². The van der Waals surface area contributed by atoms with E-state index in [2.05, 4.69) is 64.2 Å². The van der Waals surface area contributed by atoms with Gasteiger partial charge in [0.15, 0.2) is 0 Å². The summed E-state index contributed by atoms with van der Waals surface area (Å²) in [5, 5.41) is 20.1. The second-order valence-corrected chi connectivity index (χ2v) is 7.29. The van der Waals surface area contributed by atoms with Gasteiger partial charge in [0.2, 0.25) is 0 Å². The molecule has 0 aliphatic rings. The molecule has 4 heteroatoms. The number of hydrogen-bond donors (Lipinski definition) is 0. The lowest BCUT2D eigenvalue weighted by molar-refractivity contribution is 0.602. The molecule has 0 N–H and O–H groups in total. The van der Waals surface area contributed by atoms with Gasteiger partial charge >= 0.3 is 0 Å². The van der Waals surface area contributed by atoms with Crippen molar-refractivity contribution in [1.29, 1.82) is 5.26 Å². The second-order valence-electron chi connectivity index (χ2n) is 7.29. The first-order chi connectivity index (χ1) is 14.3. The van der Waals surface area contributed by atoms with E-state index in [1.165, 1.54) is 47.5 Å². The largest absolute Gasteiger partial charge is 0.340 e. The quantitative estimate of drug-likeness (QED) is 0.240. The number of fused-ring (bicyclic) bond motifs is 3. The maximum Gasteiger partial charge on any atom is 0.0991 e. The van der Waals surface area contributed by atoms with E-state index in [1.807, 2.05) is 18.2 Å². The maximum atomic E-state index is 8.90. The average Bonchev–Trinajstić information content (AvgIpc) is 3.09. The summed E-state index contributed by atoms with van der Waals surface area (Å²) in [4.78, 5) is 0. The van der Waals surface area contributed by atoms with Gasteiger partial charge in [-0.15, -0.1) is 0 Å². The molecule has 0 aliphatic heterocycles. The van der Waals surface area contributed by atoms with Crippen LogP contribution in [0.4, 0.5) is 11.4 Å². The number of aryl methyl sites for hydroxylation is 1. The van der Waals surface area contributed by atoms with Crippen LogP contribution < -0.4 is 0 Å². The van der Waals surface area contributed by atoms with Crippen molar-refractivity contribution in [3.63, 3.8) is 0 Å². The van der Waals surface area contributed by atoms with Crippen LogP contribution in [0.1, 0.15) is 38.2 Å². The van der Waals surface area contributed by atoms with Gasteiger partial charge in [-0.05, 0) is 55.0 Å². The first-order valence-electron chi connectivity index (χ1n) is 10.2. The van der Waals surface area contributed by atoms with Crippen LogP contribution in [0.25, 0.3) is 21.8 Å². The summed E-state index contributed by atoms with van der Waals surface area (Å²) >= 11 is 0. The summed E-state index contributed by atoms with van der Waals surface area (Å²) in [6, 6.07) is 24.1. The van der Waals surface area contributed by atoms with E-state index in [1.54, 1.807) is 12.1 Å². The standard InChI is InChI=1S/C25H24N4/c1-2-3-4-7-16-29-24-9-6-5-8-22(24)23-17-21(14-15-25(23)29)28-27-20-12-10-19(18-26)11-13-20/h5-6,8-15,17H,2-4,7,16H2,1H3. The number of benzene rings is 3. The number of aromatic nitrogens is 1. The minimum Gasteiger partial charge on any atom is -0.340 e. The Labute approximate surface area is 171 Å². The number of unbranched alkanes of at least 4 members (excludes halogenated alkanes) is 3. The Morgan fingerprint density at radius 3 is 2.31 bits per heavy atom. The van der Waals surface area contributed by atoms with E-state index in [-0.39, 0.29) is 0 Å². The fraction of sp³-hybridized carbons (Fsp3) is 0.240. The SMILES string of the molecule is CCCCCCn1c2ccccc2c2cc(N=Nc3ccc(C#N)cc3)ccc21. The van der Waals surface area contributed by atoms with Crippen molar-refractivity contribution in [2.24, 2.45) is 10.2 Å². The molecule has 0 saturated carbocycles. The van der Waals surface area contributed by atoms with E-state index in [0.29, 0.717) is 5.56 Å². The van der Waals surface area contributed by atoms with E-state index >= 15 is 0 Å². The molecule has 4 rings (SSSR count). The third-order valence-corrected chi connectivity index (χ3v) is 5.27. The molecule has 4 nitrogen and oxygen atoms in total. The van der Waals surface area contributed by atoms with Gasteiger partial charge in [-0.3, -0.25) is 0 Å². The zero-order valence-electron chi connectivity index (χ0n) is 16.7. The number of azo groups is 1. The lowest BCUT2D eigenvalue weighted by Crippen LogP contribution is -1.97. The van der Waals surface area contributed by atoms with Crippen molar-refractivity contribution in [1.82, 2.24) is 4.57 Å². The molecule has 0 spiro atoms. The van der Waals surface area contributed by atoms with Crippen LogP contribution in [-0.2, 0) is 6.54 Å². The molecule has 0 radical (unpaired) electrons. The molecule has 144 valence electrons. The van der Waals surface area contributed by atoms with Crippen molar-refractivity contribution in [3.8, 4) is 6.07 Å². The first-order valence-corrected chi connectivity index (χ1v) is 10.2. The lowest BCUT2D eigenvalue weighted by atomic mass is 10.1. The maximum absolute atomic E-state index is 8.90. The number of nitrogens with zero attached hydrogens (tertiary/aromatic N) is 4. The summed E-state index contributed by atoms with van der Waals surface area (Å²) in [5.41, 5.74) is 4.72. The summed E-state index contributed by atoms with van der Waals surface area (Å²) in [6.45, 7) is 3.28.